The number of hydroxylamine groups is 1. The zero-order valence-electron chi connectivity index (χ0n) is 10.4. The number of amides is 1. The quantitative estimate of drug-likeness (QED) is 0.585. The third-order valence-electron chi connectivity index (χ3n) is 2.14. The van der Waals surface area contributed by atoms with Crippen LogP contribution in [0.1, 0.15) is 32.3 Å². The number of rotatable bonds is 7. The molecule has 0 unspecified atom stereocenters. The first-order valence-corrected chi connectivity index (χ1v) is 5.82. The van der Waals surface area contributed by atoms with Crippen LogP contribution in [0.2, 0.25) is 0 Å². The maximum absolute atomic E-state index is 10.6. The number of ether oxygens (including phenoxy) is 1. The van der Waals surface area contributed by atoms with E-state index in [1.54, 1.807) is 0 Å². The highest BCUT2D eigenvalue weighted by Crippen LogP contribution is 2.13. The first kappa shape index (κ1) is 13.5. The lowest BCUT2D eigenvalue weighted by Crippen LogP contribution is -2.19. The zero-order valence-corrected chi connectivity index (χ0v) is 10.4. The third kappa shape index (κ3) is 5.92. The summed E-state index contributed by atoms with van der Waals surface area (Å²) in [5.41, 5.74) is 3.27. The molecule has 0 heterocycles. The van der Waals surface area contributed by atoms with Gasteiger partial charge in [-0.2, -0.15) is 0 Å². The van der Waals surface area contributed by atoms with Crippen molar-refractivity contribution in [3.63, 3.8) is 0 Å². The largest absolute Gasteiger partial charge is 0.494 e. The number of benzene rings is 1. The highest BCUT2D eigenvalue weighted by atomic mass is 16.6. The number of hydrogen-bond donors (Lipinski definition) is 1. The van der Waals surface area contributed by atoms with E-state index in [2.05, 4.69) is 12.4 Å². The fraction of sp³-hybridized carbons (Fsp3) is 0.462. The minimum atomic E-state index is -0.204. The van der Waals surface area contributed by atoms with Gasteiger partial charge in [0.05, 0.1) is 13.2 Å². The summed E-state index contributed by atoms with van der Waals surface area (Å²) in [6.07, 6.45) is 2.19. The molecular weight excluding hydrogens is 218 g/mol. The molecule has 1 amide bonds. The monoisotopic (exact) mass is 237 g/mol. The summed E-state index contributed by atoms with van der Waals surface area (Å²) >= 11 is 0. The van der Waals surface area contributed by atoms with Gasteiger partial charge in [-0.05, 0) is 24.1 Å². The highest BCUT2D eigenvalue weighted by molar-refractivity contribution is 5.71. The van der Waals surface area contributed by atoms with Crippen molar-refractivity contribution in [2.75, 3.05) is 6.61 Å². The second-order valence-corrected chi connectivity index (χ2v) is 3.79. The smallest absolute Gasteiger partial charge is 0.240 e. The fourth-order valence-corrected chi connectivity index (χ4v) is 1.24. The molecule has 0 aromatic heterocycles. The molecule has 0 bridgehead atoms. The number of unbranched alkanes of at least 4 members (excludes halogenated alkanes) is 1. The van der Waals surface area contributed by atoms with Crippen molar-refractivity contribution in [2.24, 2.45) is 0 Å². The molecule has 17 heavy (non-hydrogen) atoms. The molecule has 4 nitrogen and oxygen atoms in total. The average Bonchev–Trinajstić information content (AvgIpc) is 2.31. The van der Waals surface area contributed by atoms with Crippen LogP contribution >= 0.6 is 0 Å². The van der Waals surface area contributed by atoms with E-state index in [1.807, 2.05) is 24.3 Å². The van der Waals surface area contributed by atoms with Gasteiger partial charge in [0.25, 0.3) is 0 Å². The number of carbonyl (C=O) groups is 1. The topological polar surface area (TPSA) is 47.6 Å². The van der Waals surface area contributed by atoms with Crippen LogP contribution in [0, 0.1) is 0 Å². The van der Waals surface area contributed by atoms with Gasteiger partial charge in [0.1, 0.15) is 5.75 Å². The third-order valence-corrected chi connectivity index (χ3v) is 2.14. The van der Waals surface area contributed by atoms with Crippen LogP contribution in [0.4, 0.5) is 0 Å². The summed E-state index contributed by atoms with van der Waals surface area (Å²) in [5.74, 6) is 0.659. The van der Waals surface area contributed by atoms with Crippen molar-refractivity contribution in [1.29, 1.82) is 0 Å². The summed E-state index contributed by atoms with van der Waals surface area (Å²) in [4.78, 5) is 15.6. The Balaban J connectivity index is 2.31. The van der Waals surface area contributed by atoms with Crippen molar-refractivity contribution in [3.8, 4) is 5.75 Å². The Kier molecular flexibility index (Phi) is 6.10. The molecule has 1 aromatic rings. The molecule has 0 aliphatic carbocycles. The van der Waals surface area contributed by atoms with Gasteiger partial charge in [0, 0.05) is 6.92 Å². The predicted molar refractivity (Wildman–Crippen MR) is 65.5 cm³/mol. The molecule has 4 heteroatoms. The summed E-state index contributed by atoms with van der Waals surface area (Å²) in [7, 11) is 0. The zero-order chi connectivity index (χ0) is 12.5. The number of nitrogens with one attached hydrogen (secondary N) is 1. The van der Waals surface area contributed by atoms with Crippen molar-refractivity contribution in [1.82, 2.24) is 5.48 Å². The molecule has 0 radical (unpaired) electrons. The van der Waals surface area contributed by atoms with Crippen LogP contribution in [0.5, 0.6) is 5.75 Å². The second kappa shape index (κ2) is 7.68. The summed E-state index contributed by atoms with van der Waals surface area (Å²) in [6, 6.07) is 7.65. The van der Waals surface area contributed by atoms with Crippen LogP contribution < -0.4 is 10.2 Å². The highest BCUT2D eigenvalue weighted by Gasteiger charge is 1.97. The molecule has 1 aromatic carbocycles. The van der Waals surface area contributed by atoms with Gasteiger partial charge in [-0.1, -0.05) is 25.5 Å². The van der Waals surface area contributed by atoms with Gasteiger partial charge >= 0.3 is 0 Å². The van der Waals surface area contributed by atoms with Crippen molar-refractivity contribution >= 4 is 5.91 Å². The van der Waals surface area contributed by atoms with Crippen LogP contribution in [-0.4, -0.2) is 12.5 Å². The molecule has 0 fully saturated rings. The molecule has 0 saturated heterocycles. The van der Waals surface area contributed by atoms with Crippen molar-refractivity contribution < 1.29 is 14.4 Å². The Labute approximate surface area is 102 Å². The Morgan fingerprint density at radius 1 is 1.29 bits per heavy atom. The van der Waals surface area contributed by atoms with E-state index >= 15 is 0 Å². The van der Waals surface area contributed by atoms with E-state index in [9.17, 15) is 4.79 Å². The first-order valence-electron chi connectivity index (χ1n) is 5.82. The van der Waals surface area contributed by atoms with Gasteiger partial charge in [-0.15, -0.1) is 0 Å². The maximum atomic E-state index is 10.6. The second-order valence-electron chi connectivity index (χ2n) is 3.79. The molecule has 0 aliphatic heterocycles. The van der Waals surface area contributed by atoms with Crippen molar-refractivity contribution in [2.45, 2.75) is 33.3 Å². The number of hydrogen-bond acceptors (Lipinski definition) is 3. The standard InChI is InChI=1S/C13H19NO3/c1-3-4-9-16-13-7-5-12(6-8-13)10-17-14-11(2)15/h5-8H,3-4,9-10H2,1-2H3,(H,14,15). The first-order chi connectivity index (χ1) is 8.22. The van der Waals surface area contributed by atoms with Gasteiger partial charge in [-0.3, -0.25) is 9.63 Å². The Bertz CT molecular complexity index is 335. The van der Waals surface area contributed by atoms with Gasteiger partial charge < -0.3 is 4.74 Å². The molecule has 0 aliphatic rings. The Morgan fingerprint density at radius 2 is 2.00 bits per heavy atom. The molecule has 1 N–H and O–H groups in total. The maximum Gasteiger partial charge on any atom is 0.240 e. The molecular formula is C13H19NO3. The summed E-state index contributed by atoms with van der Waals surface area (Å²) in [5, 5.41) is 0. The van der Waals surface area contributed by atoms with E-state index in [-0.39, 0.29) is 5.91 Å². The lowest BCUT2D eigenvalue weighted by atomic mass is 10.2. The van der Waals surface area contributed by atoms with E-state index < -0.39 is 0 Å². The molecule has 94 valence electrons. The molecule has 1 rings (SSSR count). The summed E-state index contributed by atoms with van der Waals surface area (Å²) < 4.78 is 5.53. The van der Waals surface area contributed by atoms with E-state index in [0.29, 0.717) is 6.61 Å². The average molecular weight is 237 g/mol. The summed E-state index contributed by atoms with van der Waals surface area (Å²) in [6.45, 7) is 4.64. The van der Waals surface area contributed by atoms with Crippen LogP contribution in [-0.2, 0) is 16.2 Å². The molecule has 0 spiro atoms. The van der Waals surface area contributed by atoms with Gasteiger partial charge in [0.2, 0.25) is 5.91 Å². The van der Waals surface area contributed by atoms with Crippen LogP contribution in [0.15, 0.2) is 24.3 Å². The molecule has 0 atom stereocenters. The fourth-order valence-electron chi connectivity index (χ4n) is 1.24. The Morgan fingerprint density at radius 3 is 2.59 bits per heavy atom. The SMILES string of the molecule is CCCCOc1ccc(CONC(C)=O)cc1. The van der Waals surface area contributed by atoms with E-state index in [0.717, 1.165) is 30.8 Å². The Hall–Kier alpha value is -1.55. The lowest BCUT2D eigenvalue weighted by Gasteiger charge is -2.07. The van der Waals surface area contributed by atoms with Gasteiger partial charge in [-0.25, -0.2) is 5.48 Å². The van der Waals surface area contributed by atoms with Crippen molar-refractivity contribution in [3.05, 3.63) is 29.8 Å². The van der Waals surface area contributed by atoms with E-state index in [1.165, 1.54) is 6.92 Å². The van der Waals surface area contributed by atoms with Crippen LogP contribution in [0.25, 0.3) is 0 Å². The van der Waals surface area contributed by atoms with Crippen LogP contribution in [0.3, 0.4) is 0 Å². The minimum Gasteiger partial charge on any atom is -0.494 e. The lowest BCUT2D eigenvalue weighted by molar-refractivity contribution is -0.132. The van der Waals surface area contributed by atoms with E-state index in [4.69, 9.17) is 9.57 Å². The molecule has 0 saturated carbocycles. The minimum absolute atomic E-state index is 0.204. The van der Waals surface area contributed by atoms with Gasteiger partial charge in [0.15, 0.2) is 0 Å². The number of carbonyl (C=O) groups excluding carboxylic acids is 1. The normalized spacial score (nSPS) is 10.0. The predicted octanol–water partition coefficient (Wildman–Crippen LogP) is 2.43.